The van der Waals surface area contributed by atoms with Crippen molar-refractivity contribution in [1.29, 1.82) is 0 Å². The first-order chi connectivity index (χ1) is 15.7. The second-order valence-electron chi connectivity index (χ2n) is 8.55. The van der Waals surface area contributed by atoms with Crippen molar-refractivity contribution in [1.82, 2.24) is 19.5 Å². The topological polar surface area (TPSA) is 96.7 Å². The summed E-state index contributed by atoms with van der Waals surface area (Å²) < 4.78 is 41.5. The summed E-state index contributed by atoms with van der Waals surface area (Å²) in [6, 6.07) is 7.64. The van der Waals surface area contributed by atoms with Crippen LogP contribution in [-0.4, -0.2) is 52.7 Å². The number of aromatic nitrogens is 3. The molecule has 1 saturated heterocycles. The summed E-state index contributed by atoms with van der Waals surface area (Å²) in [7, 11) is -3.51. The van der Waals surface area contributed by atoms with Crippen molar-refractivity contribution in [2.45, 2.75) is 52.0 Å². The average Bonchev–Trinajstić information content (AvgIpc) is 3.05. The van der Waals surface area contributed by atoms with Gasteiger partial charge in [0, 0.05) is 29.9 Å². The molecule has 0 saturated carbocycles. The maximum Gasteiger partial charge on any atom is 0.272 e. The first-order valence-electron chi connectivity index (χ1n) is 11.1. The fraction of sp³-hybridized carbons (Fsp3) is 0.435. The molecule has 0 aliphatic carbocycles. The fourth-order valence-corrected chi connectivity index (χ4v) is 4.81. The summed E-state index contributed by atoms with van der Waals surface area (Å²) >= 11 is 0. The zero-order chi connectivity index (χ0) is 23.8. The van der Waals surface area contributed by atoms with Crippen LogP contribution in [0, 0.1) is 5.82 Å². The third-order valence-corrected chi connectivity index (χ3v) is 6.55. The molecule has 1 unspecified atom stereocenters. The highest BCUT2D eigenvalue weighted by molar-refractivity contribution is 7.92. The average molecular weight is 474 g/mol. The number of rotatable bonds is 5. The zero-order valence-corrected chi connectivity index (χ0v) is 19.8. The lowest BCUT2D eigenvalue weighted by atomic mass is 10.1. The van der Waals surface area contributed by atoms with Gasteiger partial charge in [-0.1, -0.05) is 19.8 Å². The van der Waals surface area contributed by atoms with Gasteiger partial charge in [-0.2, -0.15) is 5.10 Å². The lowest BCUT2D eigenvalue weighted by molar-refractivity contribution is 0.0692. The van der Waals surface area contributed by atoms with E-state index < -0.39 is 15.8 Å². The predicted octanol–water partition coefficient (Wildman–Crippen LogP) is 3.87. The second kappa shape index (κ2) is 9.09. The Kier molecular flexibility index (Phi) is 6.38. The SMILES string of the molecule is CCc1cc(C(=O)N2CCCCCC2C)nc2cc(-c3ccc(NS(C)(=O)=O)cc3F)nn12. The van der Waals surface area contributed by atoms with Crippen LogP contribution in [0.25, 0.3) is 16.9 Å². The molecule has 1 N–H and O–H groups in total. The molecule has 1 aliphatic rings. The fourth-order valence-electron chi connectivity index (χ4n) is 4.25. The number of amides is 1. The Morgan fingerprint density at radius 3 is 2.70 bits per heavy atom. The van der Waals surface area contributed by atoms with Gasteiger partial charge in [-0.15, -0.1) is 0 Å². The molecule has 1 atom stereocenters. The molecule has 1 aromatic carbocycles. The number of halogens is 1. The van der Waals surface area contributed by atoms with E-state index in [0.717, 1.165) is 50.2 Å². The Labute approximate surface area is 192 Å². The van der Waals surface area contributed by atoms with Gasteiger partial charge in [0.25, 0.3) is 5.91 Å². The standard InChI is InChI=1S/C23H28FN5O3S/c1-4-17-13-21(23(30)28-11-7-5-6-8-15(28)2)25-22-14-20(26-29(17)22)18-10-9-16(12-19(18)24)27-33(3,31)32/h9-10,12-15,27H,4-8,11H2,1-3H3. The minimum absolute atomic E-state index is 0.0910. The van der Waals surface area contributed by atoms with Crippen molar-refractivity contribution >= 4 is 27.3 Å². The zero-order valence-electron chi connectivity index (χ0n) is 19.0. The number of carbonyl (C=O) groups excluding carboxylic acids is 1. The Bertz CT molecular complexity index is 1300. The van der Waals surface area contributed by atoms with Gasteiger partial charge in [0.2, 0.25) is 10.0 Å². The number of carbonyl (C=O) groups is 1. The molecular formula is C23H28FN5O3S. The van der Waals surface area contributed by atoms with Gasteiger partial charge in [-0.05, 0) is 50.5 Å². The number of likely N-dealkylation sites (tertiary alicyclic amines) is 1. The predicted molar refractivity (Wildman–Crippen MR) is 125 cm³/mol. The summed E-state index contributed by atoms with van der Waals surface area (Å²) in [6.07, 6.45) is 5.83. The Balaban J connectivity index is 1.71. The molecule has 1 fully saturated rings. The van der Waals surface area contributed by atoms with Gasteiger partial charge in [0.05, 0.1) is 17.6 Å². The van der Waals surface area contributed by atoms with Gasteiger partial charge in [-0.3, -0.25) is 9.52 Å². The van der Waals surface area contributed by atoms with Crippen LogP contribution < -0.4 is 4.72 Å². The molecule has 2 aromatic heterocycles. The van der Waals surface area contributed by atoms with Gasteiger partial charge < -0.3 is 4.90 Å². The molecule has 1 aliphatic heterocycles. The highest BCUT2D eigenvalue weighted by atomic mass is 32.2. The van der Waals surface area contributed by atoms with Crippen molar-refractivity contribution < 1.29 is 17.6 Å². The first kappa shape index (κ1) is 23.2. The lowest BCUT2D eigenvalue weighted by Crippen LogP contribution is -2.38. The summed E-state index contributed by atoms with van der Waals surface area (Å²) in [6.45, 7) is 4.76. The van der Waals surface area contributed by atoms with Gasteiger partial charge in [0.15, 0.2) is 5.65 Å². The second-order valence-corrected chi connectivity index (χ2v) is 10.3. The molecule has 176 valence electrons. The number of sulfonamides is 1. The van der Waals surface area contributed by atoms with Crippen LogP contribution in [-0.2, 0) is 16.4 Å². The van der Waals surface area contributed by atoms with Crippen LogP contribution in [0.4, 0.5) is 10.1 Å². The Hall–Kier alpha value is -3.01. The minimum atomic E-state index is -3.51. The molecule has 3 heterocycles. The molecule has 8 nitrogen and oxygen atoms in total. The minimum Gasteiger partial charge on any atom is -0.335 e. The Morgan fingerprint density at radius 1 is 1.21 bits per heavy atom. The molecule has 0 radical (unpaired) electrons. The van der Waals surface area contributed by atoms with Crippen molar-refractivity contribution in [3.05, 3.63) is 47.5 Å². The smallest absolute Gasteiger partial charge is 0.272 e. The number of benzene rings is 1. The molecule has 10 heteroatoms. The Morgan fingerprint density at radius 2 is 2.00 bits per heavy atom. The third kappa shape index (κ3) is 5.00. The highest BCUT2D eigenvalue weighted by Gasteiger charge is 2.25. The summed E-state index contributed by atoms with van der Waals surface area (Å²) in [4.78, 5) is 19.7. The number of hydrogen-bond acceptors (Lipinski definition) is 5. The summed E-state index contributed by atoms with van der Waals surface area (Å²) in [5.74, 6) is -0.702. The van der Waals surface area contributed by atoms with Crippen LogP contribution in [0.3, 0.4) is 0 Å². The van der Waals surface area contributed by atoms with Crippen LogP contribution in [0.5, 0.6) is 0 Å². The summed E-state index contributed by atoms with van der Waals surface area (Å²) in [5, 5.41) is 4.51. The quantitative estimate of drug-likeness (QED) is 0.607. The molecule has 33 heavy (non-hydrogen) atoms. The van der Waals surface area contributed by atoms with Crippen LogP contribution in [0.2, 0.25) is 0 Å². The van der Waals surface area contributed by atoms with E-state index in [1.165, 1.54) is 12.1 Å². The van der Waals surface area contributed by atoms with Gasteiger partial charge >= 0.3 is 0 Å². The van der Waals surface area contributed by atoms with E-state index in [-0.39, 0.29) is 23.2 Å². The molecule has 1 amide bonds. The maximum absolute atomic E-state index is 14.8. The third-order valence-electron chi connectivity index (χ3n) is 5.94. The van der Waals surface area contributed by atoms with Crippen molar-refractivity contribution in [2.75, 3.05) is 17.5 Å². The molecule has 0 spiro atoms. The van der Waals surface area contributed by atoms with E-state index in [9.17, 15) is 17.6 Å². The van der Waals surface area contributed by atoms with E-state index in [2.05, 4.69) is 21.7 Å². The first-order valence-corrected chi connectivity index (χ1v) is 13.0. The van der Waals surface area contributed by atoms with Crippen molar-refractivity contribution in [3.8, 4) is 11.3 Å². The number of anilines is 1. The number of aryl methyl sites for hydroxylation is 1. The molecule has 4 rings (SSSR count). The van der Waals surface area contributed by atoms with Gasteiger partial charge in [-0.25, -0.2) is 22.3 Å². The molecule has 0 bridgehead atoms. The number of nitrogens with zero attached hydrogens (tertiary/aromatic N) is 4. The molecular weight excluding hydrogens is 445 g/mol. The monoisotopic (exact) mass is 473 g/mol. The van der Waals surface area contributed by atoms with E-state index in [1.54, 1.807) is 16.6 Å². The van der Waals surface area contributed by atoms with Crippen LogP contribution >= 0.6 is 0 Å². The van der Waals surface area contributed by atoms with E-state index in [1.807, 2.05) is 11.8 Å². The largest absolute Gasteiger partial charge is 0.335 e. The van der Waals surface area contributed by atoms with Crippen molar-refractivity contribution in [2.24, 2.45) is 0 Å². The van der Waals surface area contributed by atoms with E-state index in [4.69, 9.17) is 0 Å². The van der Waals surface area contributed by atoms with Gasteiger partial charge in [0.1, 0.15) is 11.5 Å². The number of hydrogen-bond donors (Lipinski definition) is 1. The van der Waals surface area contributed by atoms with Crippen molar-refractivity contribution in [3.63, 3.8) is 0 Å². The summed E-state index contributed by atoms with van der Waals surface area (Å²) in [5.41, 5.74) is 2.34. The maximum atomic E-state index is 14.8. The number of nitrogens with one attached hydrogen (secondary N) is 1. The normalized spacial score (nSPS) is 17.2. The van der Waals surface area contributed by atoms with E-state index >= 15 is 0 Å². The number of fused-ring (bicyclic) bond motifs is 1. The van der Waals surface area contributed by atoms with E-state index in [0.29, 0.717) is 23.5 Å². The van der Waals surface area contributed by atoms with Crippen LogP contribution in [0.1, 0.15) is 55.7 Å². The van der Waals surface area contributed by atoms with Crippen LogP contribution in [0.15, 0.2) is 30.3 Å². The molecule has 3 aromatic rings. The lowest BCUT2D eigenvalue weighted by Gasteiger charge is -2.27. The highest BCUT2D eigenvalue weighted by Crippen LogP contribution is 2.27.